The number of rotatable bonds is 5. The molecule has 1 aromatic carbocycles. The quantitative estimate of drug-likeness (QED) is 0.842. The first-order chi connectivity index (χ1) is 9.96. The van der Waals surface area contributed by atoms with Crippen LogP contribution < -0.4 is 5.32 Å². The summed E-state index contributed by atoms with van der Waals surface area (Å²) in [5.74, 6) is 0. The molecule has 0 bridgehead atoms. The standard InChI is InChI=1S/C19H31NO/c1-15-10-8-9-13-17(15)18(14-20-19(2,3)4)21-16-11-6-5-7-12-16/h8-10,13,16,18,20H,5-7,11-12,14H2,1-4H3. The van der Waals surface area contributed by atoms with Gasteiger partial charge in [-0.05, 0) is 51.7 Å². The molecule has 1 aliphatic carbocycles. The molecule has 1 atom stereocenters. The molecular weight excluding hydrogens is 258 g/mol. The third-order valence-electron chi connectivity index (χ3n) is 4.26. The van der Waals surface area contributed by atoms with Gasteiger partial charge in [-0.25, -0.2) is 0 Å². The molecule has 21 heavy (non-hydrogen) atoms. The number of ether oxygens (including phenoxy) is 1. The summed E-state index contributed by atoms with van der Waals surface area (Å²) in [6.07, 6.45) is 7.04. The number of nitrogens with one attached hydrogen (secondary N) is 1. The minimum absolute atomic E-state index is 0.122. The molecule has 0 aromatic heterocycles. The van der Waals surface area contributed by atoms with E-state index in [2.05, 4.69) is 57.3 Å². The van der Waals surface area contributed by atoms with Gasteiger partial charge in [0.05, 0.1) is 12.2 Å². The van der Waals surface area contributed by atoms with Crippen LogP contribution in [0.4, 0.5) is 0 Å². The summed E-state index contributed by atoms with van der Waals surface area (Å²) in [4.78, 5) is 0. The van der Waals surface area contributed by atoms with Crippen molar-refractivity contribution in [1.82, 2.24) is 5.32 Å². The van der Waals surface area contributed by atoms with Crippen LogP contribution in [-0.2, 0) is 4.74 Å². The Bertz CT molecular complexity index is 429. The normalized spacial score (nSPS) is 18.7. The van der Waals surface area contributed by atoms with Crippen molar-refractivity contribution in [3.05, 3.63) is 35.4 Å². The van der Waals surface area contributed by atoms with Crippen molar-refractivity contribution in [1.29, 1.82) is 0 Å². The predicted octanol–water partition coefficient (Wildman–Crippen LogP) is 4.77. The predicted molar refractivity (Wildman–Crippen MR) is 89.6 cm³/mol. The summed E-state index contributed by atoms with van der Waals surface area (Å²) < 4.78 is 6.49. The van der Waals surface area contributed by atoms with E-state index < -0.39 is 0 Å². The van der Waals surface area contributed by atoms with Gasteiger partial charge >= 0.3 is 0 Å². The Hall–Kier alpha value is -0.860. The summed E-state index contributed by atoms with van der Waals surface area (Å²) in [5.41, 5.74) is 2.78. The zero-order valence-corrected chi connectivity index (χ0v) is 14.1. The summed E-state index contributed by atoms with van der Waals surface area (Å²) in [6, 6.07) is 8.63. The second-order valence-corrected chi connectivity index (χ2v) is 7.37. The monoisotopic (exact) mass is 289 g/mol. The summed E-state index contributed by atoms with van der Waals surface area (Å²) >= 11 is 0. The van der Waals surface area contributed by atoms with E-state index in [0.717, 1.165) is 6.54 Å². The zero-order chi connectivity index (χ0) is 15.3. The van der Waals surface area contributed by atoms with Gasteiger partial charge < -0.3 is 10.1 Å². The lowest BCUT2D eigenvalue weighted by Gasteiger charge is -2.31. The molecule has 0 spiro atoms. The lowest BCUT2D eigenvalue weighted by molar-refractivity contribution is -0.0330. The third-order valence-corrected chi connectivity index (χ3v) is 4.26. The Morgan fingerprint density at radius 3 is 2.43 bits per heavy atom. The highest BCUT2D eigenvalue weighted by Gasteiger charge is 2.23. The third kappa shape index (κ3) is 5.44. The van der Waals surface area contributed by atoms with Crippen LogP contribution in [0.3, 0.4) is 0 Å². The van der Waals surface area contributed by atoms with Gasteiger partial charge in [-0.1, -0.05) is 43.5 Å². The largest absolute Gasteiger partial charge is 0.369 e. The van der Waals surface area contributed by atoms with Crippen LogP contribution in [0.25, 0.3) is 0 Å². The fourth-order valence-electron chi connectivity index (χ4n) is 3.01. The van der Waals surface area contributed by atoms with Gasteiger partial charge in [0.1, 0.15) is 0 Å². The van der Waals surface area contributed by atoms with E-state index in [1.807, 2.05) is 0 Å². The van der Waals surface area contributed by atoms with E-state index in [9.17, 15) is 0 Å². The molecule has 1 aliphatic rings. The van der Waals surface area contributed by atoms with Crippen molar-refractivity contribution in [2.24, 2.45) is 0 Å². The van der Waals surface area contributed by atoms with Crippen molar-refractivity contribution in [3.8, 4) is 0 Å². The maximum absolute atomic E-state index is 6.49. The fourth-order valence-corrected chi connectivity index (χ4v) is 3.01. The van der Waals surface area contributed by atoms with E-state index in [4.69, 9.17) is 4.74 Å². The molecule has 1 fully saturated rings. The van der Waals surface area contributed by atoms with Gasteiger partial charge in [-0.3, -0.25) is 0 Å². The summed E-state index contributed by atoms with van der Waals surface area (Å²) in [7, 11) is 0. The minimum Gasteiger partial charge on any atom is -0.369 e. The molecule has 118 valence electrons. The lowest BCUT2D eigenvalue weighted by atomic mass is 9.96. The van der Waals surface area contributed by atoms with Crippen LogP contribution in [0.15, 0.2) is 24.3 Å². The van der Waals surface area contributed by atoms with E-state index in [1.54, 1.807) is 0 Å². The Balaban J connectivity index is 2.07. The first-order valence-corrected chi connectivity index (χ1v) is 8.42. The minimum atomic E-state index is 0.122. The van der Waals surface area contributed by atoms with Gasteiger partial charge in [-0.2, -0.15) is 0 Å². The number of hydrogen-bond acceptors (Lipinski definition) is 2. The molecule has 0 amide bonds. The highest BCUT2D eigenvalue weighted by molar-refractivity contribution is 5.28. The van der Waals surface area contributed by atoms with E-state index >= 15 is 0 Å². The van der Waals surface area contributed by atoms with Crippen molar-refractivity contribution in [2.75, 3.05) is 6.54 Å². The van der Waals surface area contributed by atoms with Gasteiger partial charge in [0.2, 0.25) is 0 Å². The summed E-state index contributed by atoms with van der Waals surface area (Å²) in [6.45, 7) is 9.70. The molecule has 0 heterocycles. The Kier molecular flexibility index (Phi) is 5.83. The molecule has 2 rings (SSSR count). The first kappa shape index (κ1) is 16.5. The topological polar surface area (TPSA) is 21.3 Å². The Morgan fingerprint density at radius 1 is 1.14 bits per heavy atom. The highest BCUT2D eigenvalue weighted by Crippen LogP contribution is 2.28. The van der Waals surface area contributed by atoms with Crippen molar-refractivity contribution in [2.45, 2.75) is 77.5 Å². The first-order valence-electron chi connectivity index (χ1n) is 8.42. The molecule has 0 saturated heterocycles. The number of benzene rings is 1. The summed E-state index contributed by atoms with van der Waals surface area (Å²) in [5, 5.41) is 3.61. The number of aryl methyl sites for hydroxylation is 1. The molecule has 1 N–H and O–H groups in total. The lowest BCUT2D eigenvalue weighted by Crippen LogP contribution is -2.40. The van der Waals surface area contributed by atoms with Gasteiger partial charge in [0, 0.05) is 12.1 Å². The molecule has 1 unspecified atom stereocenters. The van der Waals surface area contributed by atoms with Crippen molar-refractivity contribution in [3.63, 3.8) is 0 Å². The Morgan fingerprint density at radius 2 is 1.81 bits per heavy atom. The SMILES string of the molecule is Cc1ccccc1C(CNC(C)(C)C)OC1CCCCC1. The molecule has 2 nitrogen and oxygen atoms in total. The molecule has 1 aromatic rings. The van der Waals surface area contributed by atoms with Crippen LogP contribution in [0.5, 0.6) is 0 Å². The average molecular weight is 289 g/mol. The Labute approximate surface area is 130 Å². The smallest absolute Gasteiger partial charge is 0.0955 e. The van der Waals surface area contributed by atoms with E-state index in [-0.39, 0.29) is 11.6 Å². The maximum atomic E-state index is 6.49. The average Bonchev–Trinajstić information content (AvgIpc) is 2.44. The van der Waals surface area contributed by atoms with Crippen LogP contribution in [0.2, 0.25) is 0 Å². The molecular formula is C19H31NO. The second kappa shape index (κ2) is 7.42. The van der Waals surface area contributed by atoms with Crippen LogP contribution >= 0.6 is 0 Å². The van der Waals surface area contributed by atoms with Crippen molar-refractivity contribution >= 4 is 0 Å². The van der Waals surface area contributed by atoms with Crippen LogP contribution in [-0.4, -0.2) is 18.2 Å². The molecule has 2 heteroatoms. The zero-order valence-electron chi connectivity index (χ0n) is 14.1. The highest BCUT2D eigenvalue weighted by atomic mass is 16.5. The second-order valence-electron chi connectivity index (χ2n) is 7.37. The maximum Gasteiger partial charge on any atom is 0.0955 e. The molecule has 1 saturated carbocycles. The van der Waals surface area contributed by atoms with Crippen molar-refractivity contribution < 1.29 is 4.74 Å². The van der Waals surface area contributed by atoms with Crippen LogP contribution in [0, 0.1) is 6.92 Å². The van der Waals surface area contributed by atoms with Gasteiger partial charge in [0.15, 0.2) is 0 Å². The van der Waals surface area contributed by atoms with Crippen LogP contribution in [0.1, 0.15) is 70.1 Å². The van der Waals surface area contributed by atoms with Gasteiger partial charge in [0.25, 0.3) is 0 Å². The number of hydrogen-bond donors (Lipinski definition) is 1. The van der Waals surface area contributed by atoms with E-state index in [1.165, 1.54) is 43.2 Å². The fraction of sp³-hybridized carbons (Fsp3) is 0.684. The van der Waals surface area contributed by atoms with E-state index in [0.29, 0.717) is 6.10 Å². The molecule has 0 radical (unpaired) electrons. The van der Waals surface area contributed by atoms with Gasteiger partial charge in [-0.15, -0.1) is 0 Å². The molecule has 0 aliphatic heterocycles.